The van der Waals surface area contributed by atoms with Crippen LogP contribution in [0.3, 0.4) is 0 Å². The van der Waals surface area contributed by atoms with Crippen molar-refractivity contribution in [3.8, 4) is 0 Å². The molecule has 5 rings (SSSR count). The van der Waals surface area contributed by atoms with Crippen LogP contribution in [-0.2, 0) is 9.53 Å². The van der Waals surface area contributed by atoms with E-state index in [0.29, 0.717) is 0 Å². The Balaban J connectivity index is 1.58. The van der Waals surface area contributed by atoms with Gasteiger partial charge in [-0.25, -0.2) is 4.79 Å². The normalized spacial score (nSPS) is 25.5. The van der Waals surface area contributed by atoms with Crippen LogP contribution in [0.5, 0.6) is 0 Å². The number of esters is 1. The Kier molecular flexibility index (Phi) is 5.56. The van der Waals surface area contributed by atoms with Crippen LogP contribution >= 0.6 is 0 Å². The fraction of sp³-hybridized carbons (Fsp3) is 0.269. The van der Waals surface area contributed by atoms with E-state index in [9.17, 15) is 29.1 Å². The minimum Gasteiger partial charge on any atom is -0.463 e. The molecule has 2 aliphatic heterocycles. The Bertz CT molecular complexity index is 1230. The van der Waals surface area contributed by atoms with E-state index >= 15 is 0 Å². The summed E-state index contributed by atoms with van der Waals surface area (Å²) in [5.41, 5.74) is 0.846. The van der Waals surface area contributed by atoms with Crippen LogP contribution in [0.15, 0.2) is 60.7 Å². The number of hydrogen-bond donors (Lipinski definition) is 1. The summed E-state index contributed by atoms with van der Waals surface area (Å²) < 4.78 is 4.92. The number of carbonyl (C=O) groups excluding carboxylic acids is 5. The second-order valence-corrected chi connectivity index (χ2v) is 8.60. The highest BCUT2D eigenvalue weighted by molar-refractivity contribution is 6.23. The van der Waals surface area contributed by atoms with E-state index in [2.05, 4.69) is 0 Å². The maximum Gasteiger partial charge on any atom is 0.330 e. The van der Waals surface area contributed by atoms with Crippen molar-refractivity contribution in [2.45, 2.75) is 31.5 Å². The van der Waals surface area contributed by atoms with Crippen LogP contribution in [0.4, 0.5) is 0 Å². The van der Waals surface area contributed by atoms with Gasteiger partial charge in [-0.1, -0.05) is 30.3 Å². The molecule has 4 amide bonds. The molecule has 35 heavy (non-hydrogen) atoms. The topological polar surface area (TPSA) is 121 Å². The number of carbonyl (C=O) groups is 5. The molecule has 3 aliphatic rings. The molecular formula is C26H22N2O7. The summed E-state index contributed by atoms with van der Waals surface area (Å²) in [5, 5.41) is 11.0. The number of hydrogen-bond acceptors (Lipinski definition) is 7. The average molecular weight is 474 g/mol. The zero-order chi connectivity index (χ0) is 24.9. The highest BCUT2D eigenvalue weighted by Gasteiger charge is 2.56. The first-order valence-corrected chi connectivity index (χ1v) is 11.3. The van der Waals surface area contributed by atoms with Gasteiger partial charge in [-0.2, -0.15) is 0 Å². The molecule has 0 unspecified atom stereocenters. The third-order valence-electron chi connectivity index (χ3n) is 6.74. The molecule has 1 N–H and O–H groups in total. The Morgan fingerprint density at radius 2 is 1.34 bits per heavy atom. The molecule has 0 spiro atoms. The number of aliphatic hydroxyl groups excluding tert-OH is 1. The van der Waals surface area contributed by atoms with Gasteiger partial charge in [0.2, 0.25) is 0 Å². The number of amides is 4. The molecule has 0 aromatic heterocycles. The molecule has 2 aromatic rings. The lowest BCUT2D eigenvalue weighted by Gasteiger charge is -2.34. The van der Waals surface area contributed by atoms with Gasteiger partial charge >= 0.3 is 5.97 Å². The van der Waals surface area contributed by atoms with Crippen molar-refractivity contribution in [2.24, 2.45) is 5.92 Å². The standard InChI is InChI=1S/C26H22N2O7/c1-2-35-21(30)12-11-18-20(29)13-19(27-23(31)14-7-3-4-8-15(14)24(27)32)22(18)28-25(33)16-9-5-6-10-17(16)26(28)34/h3-12,18-20,22,29H,2,13H2,1H3/b12-11+/t18-,19-,20+,22+/m1/s1. The predicted molar refractivity (Wildman–Crippen MR) is 121 cm³/mol. The zero-order valence-corrected chi connectivity index (χ0v) is 18.8. The summed E-state index contributed by atoms with van der Waals surface area (Å²) in [6.45, 7) is 1.80. The van der Waals surface area contributed by atoms with E-state index < -0.39 is 53.7 Å². The van der Waals surface area contributed by atoms with E-state index in [1.807, 2.05) is 0 Å². The van der Waals surface area contributed by atoms with E-state index in [1.165, 1.54) is 30.3 Å². The second-order valence-electron chi connectivity index (χ2n) is 8.60. The van der Waals surface area contributed by atoms with Gasteiger partial charge in [0, 0.05) is 12.0 Å². The Hall–Kier alpha value is -4.11. The predicted octanol–water partition coefficient (Wildman–Crippen LogP) is 1.82. The van der Waals surface area contributed by atoms with Gasteiger partial charge in [-0.15, -0.1) is 0 Å². The lowest BCUT2D eigenvalue weighted by molar-refractivity contribution is -0.137. The fourth-order valence-corrected chi connectivity index (χ4v) is 5.24. The highest BCUT2D eigenvalue weighted by Crippen LogP contribution is 2.41. The first-order chi connectivity index (χ1) is 16.8. The quantitative estimate of drug-likeness (QED) is 0.399. The van der Waals surface area contributed by atoms with Gasteiger partial charge < -0.3 is 9.84 Å². The monoisotopic (exact) mass is 474 g/mol. The molecule has 0 saturated heterocycles. The van der Waals surface area contributed by atoms with Crippen molar-refractivity contribution in [3.05, 3.63) is 82.9 Å². The first kappa shape index (κ1) is 22.7. The average Bonchev–Trinajstić information content (AvgIpc) is 3.40. The van der Waals surface area contributed by atoms with Crippen LogP contribution < -0.4 is 0 Å². The SMILES string of the molecule is CCOC(=O)/C=C/[C@H]1[C@H](N2C(=O)c3ccccc3C2=O)[C@H](N2C(=O)c3ccccc3C2=O)C[C@@H]1O. The van der Waals surface area contributed by atoms with E-state index in [0.717, 1.165) is 15.9 Å². The largest absolute Gasteiger partial charge is 0.463 e. The molecule has 1 aliphatic carbocycles. The maximum absolute atomic E-state index is 13.3. The third-order valence-corrected chi connectivity index (χ3v) is 6.74. The molecular weight excluding hydrogens is 452 g/mol. The van der Waals surface area contributed by atoms with Gasteiger partial charge in [0.1, 0.15) is 0 Å². The zero-order valence-electron chi connectivity index (χ0n) is 18.8. The van der Waals surface area contributed by atoms with Gasteiger partial charge in [-0.3, -0.25) is 29.0 Å². The lowest BCUT2D eigenvalue weighted by Crippen LogP contribution is -2.54. The van der Waals surface area contributed by atoms with Crippen molar-refractivity contribution in [3.63, 3.8) is 0 Å². The van der Waals surface area contributed by atoms with Crippen molar-refractivity contribution in [2.75, 3.05) is 6.61 Å². The van der Waals surface area contributed by atoms with Crippen molar-refractivity contribution >= 4 is 29.6 Å². The molecule has 9 heteroatoms. The maximum atomic E-state index is 13.3. The summed E-state index contributed by atoms with van der Waals surface area (Å²) in [7, 11) is 0. The molecule has 2 aromatic carbocycles. The van der Waals surface area contributed by atoms with Gasteiger partial charge in [0.25, 0.3) is 23.6 Å². The molecule has 178 valence electrons. The highest BCUT2D eigenvalue weighted by atomic mass is 16.5. The van der Waals surface area contributed by atoms with E-state index in [4.69, 9.17) is 4.74 Å². The molecule has 9 nitrogen and oxygen atoms in total. The fourth-order valence-electron chi connectivity index (χ4n) is 5.24. The van der Waals surface area contributed by atoms with Crippen molar-refractivity contribution < 1.29 is 33.8 Å². The Labute approximate surface area is 200 Å². The molecule has 4 atom stereocenters. The molecule has 2 heterocycles. The van der Waals surface area contributed by atoms with Crippen LogP contribution in [0.25, 0.3) is 0 Å². The Morgan fingerprint density at radius 1 is 0.886 bits per heavy atom. The van der Waals surface area contributed by atoms with Crippen molar-refractivity contribution in [1.82, 2.24) is 9.80 Å². The number of benzene rings is 2. The van der Waals surface area contributed by atoms with Crippen LogP contribution in [0.1, 0.15) is 54.8 Å². The van der Waals surface area contributed by atoms with Gasteiger partial charge in [0.15, 0.2) is 0 Å². The summed E-state index contributed by atoms with van der Waals surface area (Å²) in [6.07, 6.45) is 1.31. The smallest absolute Gasteiger partial charge is 0.330 e. The van der Waals surface area contributed by atoms with E-state index in [-0.39, 0.29) is 35.3 Å². The minimum atomic E-state index is -1.13. The summed E-state index contributed by atoms with van der Waals surface area (Å²) in [5.74, 6) is -3.83. The lowest BCUT2D eigenvalue weighted by atomic mass is 9.97. The number of fused-ring (bicyclic) bond motifs is 2. The van der Waals surface area contributed by atoms with Crippen LogP contribution in [0, 0.1) is 5.92 Å². The van der Waals surface area contributed by atoms with Gasteiger partial charge in [0.05, 0.1) is 47.0 Å². The summed E-state index contributed by atoms with van der Waals surface area (Å²) in [4.78, 5) is 67.2. The third kappa shape index (κ3) is 3.47. The molecule has 0 bridgehead atoms. The summed E-state index contributed by atoms with van der Waals surface area (Å²) >= 11 is 0. The van der Waals surface area contributed by atoms with Crippen LogP contribution in [0.2, 0.25) is 0 Å². The number of imide groups is 2. The first-order valence-electron chi connectivity index (χ1n) is 11.3. The number of aliphatic hydroxyl groups is 1. The Morgan fingerprint density at radius 3 is 1.80 bits per heavy atom. The number of rotatable bonds is 5. The molecule has 0 radical (unpaired) electrons. The second kappa shape index (κ2) is 8.59. The molecule has 1 saturated carbocycles. The number of nitrogens with zero attached hydrogens (tertiary/aromatic N) is 2. The van der Waals surface area contributed by atoms with E-state index in [1.54, 1.807) is 31.2 Å². The molecule has 1 fully saturated rings. The van der Waals surface area contributed by atoms with Gasteiger partial charge in [-0.05, 0) is 37.6 Å². The van der Waals surface area contributed by atoms with Crippen LogP contribution in [-0.4, -0.2) is 69.3 Å². The minimum absolute atomic E-state index is 0.0681. The number of ether oxygens (including phenoxy) is 1. The summed E-state index contributed by atoms with van der Waals surface area (Å²) in [6, 6.07) is 10.6. The van der Waals surface area contributed by atoms with Crippen molar-refractivity contribution in [1.29, 1.82) is 0 Å².